The molecule has 3 N–H and O–H groups in total. The molecule has 130 heavy (non-hydrogen) atoms. The van der Waals surface area contributed by atoms with Gasteiger partial charge in [0.1, 0.15) is 46.5 Å². The van der Waals surface area contributed by atoms with Crippen LogP contribution in [0, 0.1) is 29.1 Å². The second-order valence-corrected chi connectivity index (χ2v) is 35.4. The number of nitrogens with zero attached hydrogens (tertiary/aromatic N) is 12. The number of carbonyl (C=O) groups is 3. The molecule has 7 atom stereocenters. The Hall–Kier alpha value is -10.1. The number of benzene rings is 6. The fourth-order valence-corrected chi connectivity index (χ4v) is 21.6. The van der Waals surface area contributed by atoms with E-state index in [2.05, 4.69) is 50.6 Å². The Morgan fingerprint density at radius 2 is 0.792 bits per heavy atom. The van der Waals surface area contributed by atoms with Crippen LogP contribution in [0.2, 0.25) is 5.02 Å². The van der Waals surface area contributed by atoms with E-state index in [1.807, 2.05) is 13.8 Å². The fraction of sp³-hybridized carbons (Fsp3) is 0.420. The predicted octanol–water partition coefficient (Wildman–Crippen LogP) is 13.8. The molecule has 0 spiro atoms. The van der Waals surface area contributed by atoms with Crippen molar-refractivity contribution in [1.82, 2.24) is 59.3 Å². The highest BCUT2D eigenvalue weighted by molar-refractivity contribution is 8.00. The van der Waals surface area contributed by atoms with Crippen LogP contribution in [0.15, 0.2) is 140 Å². The maximum absolute atomic E-state index is 15.3. The molecule has 0 bridgehead atoms. The van der Waals surface area contributed by atoms with E-state index < -0.39 is 109 Å². The first kappa shape index (κ1) is 97.4. The van der Waals surface area contributed by atoms with Crippen LogP contribution < -0.4 is 47.7 Å². The Kier molecular flexibility index (Phi) is 30.4. The molecule has 15 rings (SSSR count). The van der Waals surface area contributed by atoms with Crippen LogP contribution in [0.4, 0.5) is 78.9 Å². The van der Waals surface area contributed by atoms with Crippen molar-refractivity contribution < 1.29 is 90.1 Å². The minimum atomic E-state index is -4.97. The molecule has 3 unspecified atom stereocenters. The Morgan fingerprint density at radius 3 is 1.15 bits per heavy atom. The Labute approximate surface area is 754 Å². The van der Waals surface area contributed by atoms with E-state index in [0.29, 0.717) is 62.9 Å². The summed E-state index contributed by atoms with van der Waals surface area (Å²) in [7, 11) is 4.63. The van der Waals surface area contributed by atoms with Gasteiger partial charge in [0.15, 0.2) is 0 Å². The third-order valence-corrected chi connectivity index (χ3v) is 27.3. The average molecular weight is 1900 g/mol. The lowest BCUT2D eigenvalue weighted by Crippen LogP contribution is -2.58. The first-order valence-electron chi connectivity index (χ1n) is 41.3. The van der Waals surface area contributed by atoms with Crippen molar-refractivity contribution in [2.24, 2.45) is 0 Å². The lowest BCUT2D eigenvalue weighted by molar-refractivity contribution is -0.137. The number of carbonyl (C=O) groups excluding carboxylic acids is 3. The first-order chi connectivity index (χ1) is 61.7. The quantitative estimate of drug-likeness (QED) is 0.0262. The van der Waals surface area contributed by atoms with E-state index >= 15 is 8.78 Å². The van der Waals surface area contributed by atoms with Crippen LogP contribution >= 0.6 is 46.9 Å². The number of alkyl halides is 9. The third-order valence-electron chi connectivity index (χ3n) is 23.2. The van der Waals surface area contributed by atoms with Gasteiger partial charge in [0.05, 0.1) is 58.1 Å². The van der Waals surface area contributed by atoms with Gasteiger partial charge in [-0.15, -0.1) is 35.3 Å². The van der Waals surface area contributed by atoms with Crippen LogP contribution in [-0.2, 0) is 66.8 Å². The van der Waals surface area contributed by atoms with Crippen molar-refractivity contribution in [2.45, 2.75) is 123 Å². The minimum Gasteiger partial charge on any atom is -0.383 e. The highest BCUT2D eigenvalue weighted by Crippen LogP contribution is 2.53. The number of hydrogen-bond donors (Lipinski definition) is 3. The largest absolute Gasteiger partial charge is 0.417 e. The van der Waals surface area contributed by atoms with Gasteiger partial charge in [0.2, 0.25) is 17.7 Å². The van der Waals surface area contributed by atoms with Crippen LogP contribution in [0.1, 0.15) is 44.4 Å². The number of thioether (sulfide) groups is 3. The molecule has 6 aliphatic heterocycles. The zero-order chi connectivity index (χ0) is 94.0. The van der Waals surface area contributed by atoms with E-state index in [1.54, 1.807) is 50.4 Å². The van der Waals surface area contributed by atoms with Gasteiger partial charge < -0.3 is 59.6 Å². The molecule has 9 heterocycles. The zero-order valence-corrected chi connectivity index (χ0v) is 74.6. The van der Waals surface area contributed by atoms with Gasteiger partial charge in [-0.3, -0.25) is 28.1 Å². The number of rotatable bonds is 21. The molecule has 3 saturated heterocycles. The normalized spacial score (nSPS) is 19.6. The summed E-state index contributed by atoms with van der Waals surface area (Å²) in [5.74, 6) is -4.72. The van der Waals surface area contributed by atoms with Gasteiger partial charge in [0.25, 0.3) is 0 Å². The van der Waals surface area contributed by atoms with E-state index in [1.165, 1.54) is 70.0 Å². The van der Waals surface area contributed by atoms with Gasteiger partial charge in [-0.25, -0.2) is 36.3 Å². The van der Waals surface area contributed by atoms with Crippen LogP contribution in [0.25, 0.3) is 66.1 Å². The van der Waals surface area contributed by atoms with Crippen molar-refractivity contribution >= 4 is 115 Å². The predicted molar refractivity (Wildman–Crippen MR) is 473 cm³/mol. The lowest BCUT2D eigenvalue weighted by atomic mass is 9.95. The maximum Gasteiger partial charge on any atom is 0.417 e. The standard InChI is InChI=1S/C30H32F5N5O3S.C30H33F4N5O3S.C28H27ClF5N5O3S/c1-5-24(41)40-16(2)12-38(13-17(40)3)28-21-11-22(30(33,34)35)25(20-7-6-18(31)10-23(20)32)27-26(21)39(29(42)37-28)14-19(15-44-27)36-8-9-43-4;1-5-24(40)39-17(2)13-37(14-18(39)3)28-22-12-23(30(32,33)34)25(19-6-8-20(31)9-7-19)27-26(22)38(29(41)36-28)15-21(16-43-27)35-10-11-42-4;1-3-22(40)37-5-7-38(8-6-37)26-17-10-18(28(32,33)34)23(16-11-19(29)21(31)12-20(16)30)25-24(17)39(27(41)36-26)13-15(14-43-25)35-4-9-42-2/h5-7,10-11,16-17,19,36H,1,8-9,12-15H2,2-4H3;5-9,12,17-18,21,35H,1,10-11,13-16H2,2-4H3;3,10-12,15,35H,1,4-9,13-14H2,2H3/t16-,17+,19?;17-,18+,21?;. The summed E-state index contributed by atoms with van der Waals surface area (Å²) in [6.45, 7) is 22.6. The van der Waals surface area contributed by atoms with Gasteiger partial charge >= 0.3 is 35.6 Å². The monoisotopic (exact) mass is 1900 g/mol. The molecule has 0 radical (unpaired) electrons. The smallest absolute Gasteiger partial charge is 0.383 e. The second kappa shape index (κ2) is 40.5. The van der Waals surface area contributed by atoms with Gasteiger partial charge in [-0.2, -0.15) is 54.5 Å². The van der Waals surface area contributed by atoms with E-state index in [-0.39, 0.29) is 214 Å². The highest BCUT2D eigenvalue weighted by Gasteiger charge is 2.45. The van der Waals surface area contributed by atoms with Crippen LogP contribution in [-0.4, -0.2) is 234 Å². The maximum atomic E-state index is 15.3. The summed E-state index contributed by atoms with van der Waals surface area (Å²) >= 11 is 9.26. The lowest BCUT2D eigenvalue weighted by Gasteiger charge is -2.44. The second-order valence-electron chi connectivity index (χ2n) is 31.9. The molecule has 24 nitrogen and oxygen atoms in total. The molecule has 3 amide bonds. The number of piperazine rings is 3. The number of nitrogens with one attached hydrogen (secondary N) is 3. The van der Waals surface area contributed by atoms with Gasteiger partial charge in [0, 0.05) is 243 Å². The summed E-state index contributed by atoms with van der Waals surface area (Å²) in [6.07, 6.45) is -11.0. The SMILES string of the molecule is C=CC(=O)N1CCN(c2nc(=O)n3c4c(c(-c5cc(Cl)c(F)cc5F)c(C(F)(F)F)cc24)SCC(NCCOC)C3)CC1.C=CC(=O)N1[C@H](C)CN(c2nc(=O)n3c4c(c(-c5ccc(F)cc5)c(C(F)(F)F)cc24)SCC(NCCOC)C3)C[C@@H]1C.C=CC(=O)N1[C@H](C)CN(c2nc(=O)n3c4c(c(-c5ccc(F)cc5F)c(C(F)(F)F)cc24)SCC(NCCOC)C3)C[C@@H]1C. The number of ether oxygens (including phenoxy) is 3. The molecule has 0 aliphatic carbocycles. The summed E-state index contributed by atoms with van der Waals surface area (Å²) < 4.78 is 225. The molecular weight excluding hydrogens is 1810 g/mol. The van der Waals surface area contributed by atoms with E-state index in [0.717, 1.165) is 72.1 Å². The third kappa shape index (κ3) is 20.4. The zero-order valence-electron chi connectivity index (χ0n) is 71.4. The highest BCUT2D eigenvalue weighted by atomic mass is 35.5. The van der Waals surface area contributed by atoms with Crippen LogP contribution in [0.5, 0.6) is 0 Å². The summed E-state index contributed by atoms with van der Waals surface area (Å²) in [5, 5.41) is 9.61. The van der Waals surface area contributed by atoms with Crippen LogP contribution in [0.3, 0.4) is 0 Å². The number of anilines is 3. The molecule has 6 aromatic carbocycles. The Bertz CT molecular complexity index is 6020. The fourth-order valence-electron chi connectivity index (χ4n) is 17.5. The Balaban J connectivity index is 0.000000166. The molecule has 696 valence electrons. The number of methoxy groups -OCH3 is 3. The molecular formula is C88H92ClF14N15O9S3. The molecule has 42 heteroatoms. The van der Waals surface area contributed by atoms with Gasteiger partial charge in [-0.1, -0.05) is 43.5 Å². The summed E-state index contributed by atoms with van der Waals surface area (Å²) in [4.78, 5) is 101. The van der Waals surface area contributed by atoms with E-state index in [9.17, 15) is 81.5 Å². The van der Waals surface area contributed by atoms with Crippen molar-refractivity contribution in [3.8, 4) is 33.4 Å². The topological polar surface area (TPSA) is 239 Å². The van der Waals surface area contributed by atoms with Gasteiger partial charge in [-0.05, 0) is 100 Å². The first-order valence-corrected chi connectivity index (χ1v) is 44.6. The number of aromatic nitrogens is 6. The number of halogens is 15. The molecule has 0 saturated carbocycles. The van der Waals surface area contributed by atoms with E-state index in [4.69, 9.17) is 25.8 Å². The van der Waals surface area contributed by atoms with Crippen molar-refractivity contribution in [3.05, 3.63) is 193 Å². The van der Waals surface area contributed by atoms with Crippen molar-refractivity contribution in [3.63, 3.8) is 0 Å². The Morgan fingerprint density at radius 1 is 0.446 bits per heavy atom. The molecule has 6 aliphatic rings. The number of amides is 3. The minimum absolute atomic E-state index is 0.00339. The van der Waals surface area contributed by atoms with Crippen molar-refractivity contribution in [2.75, 3.05) is 145 Å². The number of hydrogen-bond acceptors (Lipinski definition) is 21. The average Bonchev–Trinajstić information content (AvgIpc) is 1.27. The molecule has 9 aromatic rings. The summed E-state index contributed by atoms with van der Waals surface area (Å²) in [5.41, 5.74) is -6.32. The molecule has 3 fully saturated rings. The summed E-state index contributed by atoms with van der Waals surface area (Å²) in [6, 6.07) is 9.10. The van der Waals surface area contributed by atoms with Crippen molar-refractivity contribution in [1.29, 1.82) is 0 Å². The molecule has 3 aromatic heterocycles.